The second-order valence-electron chi connectivity index (χ2n) is 4.54. The minimum absolute atomic E-state index is 0.408. The molecule has 0 aromatic heterocycles. The second-order valence-corrected chi connectivity index (χ2v) is 4.54. The summed E-state index contributed by atoms with van der Waals surface area (Å²) in [7, 11) is 0. The van der Waals surface area contributed by atoms with Crippen LogP contribution in [0, 0.1) is 5.92 Å². The lowest BCUT2D eigenvalue weighted by Gasteiger charge is -2.19. The van der Waals surface area contributed by atoms with Crippen LogP contribution in [0.3, 0.4) is 0 Å². The fourth-order valence-electron chi connectivity index (χ4n) is 2.08. The van der Waals surface area contributed by atoms with Crippen molar-refractivity contribution in [3.05, 3.63) is 0 Å². The molecule has 0 bridgehead atoms. The van der Waals surface area contributed by atoms with E-state index in [4.69, 9.17) is 5.11 Å². The summed E-state index contributed by atoms with van der Waals surface area (Å²) in [6.07, 6.45) is 6.00. The molecule has 0 aliphatic heterocycles. The van der Waals surface area contributed by atoms with Gasteiger partial charge in [-0.2, -0.15) is 0 Å². The Morgan fingerprint density at radius 1 is 1.36 bits per heavy atom. The highest BCUT2D eigenvalue weighted by molar-refractivity contribution is 5.72. The smallest absolute Gasteiger partial charge is 0.320 e. The number of hydrogen-bond acceptors (Lipinski definition) is 2. The minimum atomic E-state index is -0.748. The minimum Gasteiger partial charge on any atom is -0.480 e. The summed E-state index contributed by atoms with van der Waals surface area (Å²) in [5.74, 6) is 0.0595. The van der Waals surface area contributed by atoms with E-state index in [1.165, 1.54) is 19.3 Å². The molecule has 2 N–H and O–H groups in total. The largest absolute Gasteiger partial charge is 0.480 e. The maximum atomic E-state index is 10.7. The van der Waals surface area contributed by atoms with Gasteiger partial charge in [0.2, 0.25) is 0 Å². The van der Waals surface area contributed by atoms with Crippen molar-refractivity contribution >= 4 is 5.97 Å². The Balaban J connectivity index is 2.33. The van der Waals surface area contributed by atoms with E-state index in [1.807, 2.05) is 0 Å². The van der Waals surface area contributed by atoms with E-state index in [1.54, 1.807) is 6.92 Å². The maximum Gasteiger partial charge on any atom is 0.320 e. The van der Waals surface area contributed by atoms with Crippen LogP contribution >= 0.6 is 0 Å². The molecule has 1 aliphatic rings. The van der Waals surface area contributed by atoms with Gasteiger partial charge in [-0.1, -0.05) is 19.8 Å². The SMILES string of the molecule is CC1CCCC(N[C@H](C)C(=O)O)CC1. The first-order chi connectivity index (χ1) is 6.59. The van der Waals surface area contributed by atoms with E-state index in [9.17, 15) is 4.79 Å². The average Bonchev–Trinajstić information content (AvgIpc) is 2.31. The van der Waals surface area contributed by atoms with E-state index in [0.29, 0.717) is 6.04 Å². The van der Waals surface area contributed by atoms with Crippen LogP contribution in [0.4, 0.5) is 0 Å². The van der Waals surface area contributed by atoms with Gasteiger partial charge in [-0.15, -0.1) is 0 Å². The van der Waals surface area contributed by atoms with Gasteiger partial charge in [-0.25, -0.2) is 0 Å². The Hall–Kier alpha value is -0.570. The van der Waals surface area contributed by atoms with Crippen LogP contribution in [0.2, 0.25) is 0 Å². The number of carboxylic acids is 1. The third-order valence-corrected chi connectivity index (χ3v) is 3.11. The molecule has 0 aromatic rings. The number of carbonyl (C=O) groups is 1. The van der Waals surface area contributed by atoms with Gasteiger partial charge in [-0.05, 0) is 32.1 Å². The molecule has 1 fully saturated rings. The lowest BCUT2D eigenvalue weighted by Crippen LogP contribution is -2.41. The Kier molecular flexibility index (Phi) is 4.39. The lowest BCUT2D eigenvalue weighted by molar-refractivity contribution is -0.139. The van der Waals surface area contributed by atoms with Crippen LogP contribution in [0.1, 0.15) is 46.0 Å². The van der Waals surface area contributed by atoms with Gasteiger partial charge in [0.05, 0.1) is 0 Å². The van der Waals surface area contributed by atoms with Gasteiger partial charge in [0.15, 0.2) is 0 Å². The zero-order chi connectivity index (χ0) is 10.6. The van der Waals surface area contributed by atoms with Gasteiger partial charge < -0.3 is 10.4 Å². The van der Waals surface area contributed by atoms with Crippen LogP contribution < -0.4 is 5.32 Å². The number of hydrogen-bond donors (Lipinski definition) is 2. The molecule has 1 rings (SSSR count). The average molecular weight is 199 g/mol. The van der Waals surface area contributed by atoms with Crippen molar-refractivity contribution in [2.75, 3.05) is 0 Å². The predicted octanol–water partition coefficient (Wildman–Crippen LogP) is 2.02. The van der Waals surface area contributed by atoms with Gasteiger partial charge >= 0.3 is 5.97 Å². The molecular formula is C11H21NO2. The van der Waals surface area contributed by atoms with Crippen molar-refractivity contribution in [2.45, 2.75) is 58.0 Å². The number of nitrogens with one attached hydrogen (secondary N) is 1. The van der Waals surface area contributed by atoms with Crippen molar-refractivity contribution in [1.82, 2.24) is 5.32 Å². The molecule has 14 heavy (non-hydrogen) atoms. The fraction of sp³-hybridized carbons (Fsp3) is 0.909. The molecule has 1 saturated carbocycles. The van der Waals surface area contributed by atoms with Crippen LogP contribution in [0.25, 0.3) is 0 Å². The molecule has 0 saturated heterocycles. The van der Waals surface area contributed by atoms with Crippen LogP contribution in [-0.4, -0.2) is 23.2 Å². The van der Waals surface area contributed by atoms with Gasteiger partial charge in [0, 0.05) is 6.04 Å². The standard InChI is InChI=1S/C11H21NO2/c1-8-4-3-5-10(7-6-8)12-9(2)11(13)14/h8-10,12H,3-7H2,1-2H3,(H,13,14)/t8?,9-,10?/m1/s1. The van der Waals surface area contributed by atoms with Crippen LogP contribution in [-0.2, 0) is 4.79 Å². The molecule has 3 nitrogen and oxygen atoms in total. The first-order valence-electron chi connectivity index (χ1n) is 5.58. The Bertz CT molecular complexity index is 194. The second kappa shape index (κ2) is 5.35. The zero-order valence-electron chi connectivity index (χ0n) is 9.12. The van der Waals surface area contributed by atoms with E-state index < -0.39 is 12.0 Å². The van der Waals surface area contributed by atoms with Crippen LogP contribution in [0.15, 0.2) is 0 Å². The topological polar surface area (TPSA) is 49.3 Å². The molecule has 0 aromatic carbocycles. The summed E-state index contributed by atoms with van der Waals surface area (Å²) in [6, 6.07) is -0.000504. The molecule has 3 heteroatoms. The summed E-state index contributed by atoms with van der Waals surface area (Å²) in [6.45, 7) is 4.00. The van der Waals surface area contributed by atoms with Crippen molar-refractivity contribution in [2.24, 2.45) is 5.92 Å². The van der Waals surface area contributed by atoms with Gasteiger partial charge in [0.1, 0.15) is 6.04 Å². The van der Waals surface area contributed by atoms with E-state index in [-0.39, 0.29) is 0 Å². The number of rotatable bonds is 3. The van der Waals surface area contributed by atoms with E-state index in [2.05, 4.69) is 12.2 Å². The third-order valence-electron chi connectivity index (χ3n) is 3.11. The maximum absolute atomic E-state index is 10.7. The molecule has 0 spiro atoms. The zero-order valence-corrected chi connectivity index (χ0v) is 9.12. The quantitative estimate of drug-likeness (QED) is 0.684. The highest BCUT2D eigenvalue weighted by atomic mass is 16.4. The first kappa shape index (κ1) is 11.5. The third kappa shape index (κ3) is 3.66. The summed E-state index contributed by atoms with van der Waals surface area (Å²) < 4.78 is 0. The van der Waals surface area contributed by atoms with E-state index >= 15 is 0 Å². The molecule has 82 valence electrons. The Morgan fingerprint density at radius 3 is 2.71 bits per heavy atom. The normalized spacial score (nSPS) is 30.7. The number of aliphatic carboxylic acids is 1. The fourth-order valence-corrected chi connectivity index (χ4v) is 2.08. The van der Waals surface area contributed by atoms with Crippen molar-refractivity contribution < 1.29 is 9.90 Å². The Labute approximate surface area is 85.9 Å². The molecule has 1 aliphatic carbocycles. The summed E-state index contributed by atoms with van der Waals surface area (Å²) >= 11 is 0. The molecule has 0 amide bonds. The van der Waals surface area contributed by atoms with Crippen LogP contribution in [0.5, 0.6) is 0 Å². The van der Waals surface area contributed by atoms with Crippen molar-refractivity contribution in [1.29, 1.82) is 0 Å². The molecule has 0 radical (unpaired) electrons. The highest BCUT2D eigenvalue weighted by Crippen LogP contribution is 2.22. The number of carboxylic acid groups (broad SMARTS) is 1. The van der Waals surface area contributed by atoms with Crippen molar-refractivity contribution in [3.63, 3.8) is 0 Å². The predicted molar refractivity (Wildman–Crippen MR) is 56.3 cm³/mol. The summed E-state index contributed by atoms with van der Waals surface area (Å²) in [4.78, 5) is 10.7. The molecule has 0 heterocycles. The molecular weight excluding hydrogens is 178 g/mol. The first-order valence-corrected chi connectivity index (χ1v) is 5.58. The Morgan fingerprint density at radius 2 is 2.07 bits per heavy atom. The summed E-state index contributed by atoms with van der Waals surface area (Å²) in [5, 5.41) is 12.0. The van der Waals surface area contributed by atoms with Gasteiger partial charge in [0.25, 0.3) is 0 Å². The summed E-state index contributed by atoms with van der Waals surface area (Å²) in [5.41, 5.74) is 0. The highest BCUT2D eigenvalue weighted by Gasteiger charge is 2.19. The molecule has 2 unspecified atom stereocenters. The lowest BCUT2D eigenvalue weighted by atomic mass is 10.0. The van der Waals surface area contributed by atoms with Gasteiger partial charge in [-0.3, -0.25) is 4.79 Å². The molecule has 3 atom stereocenters. The van der Waals surface area contributed by atoms with E-state index in [0.717, 1.165) is 18.8 Å². The monoisotopic (exact) mass is 199 g/mol. The van der Waals surface area contributed by atoms with Crippen molar-refractivity contribution in [3.8, 4) is 0 Å².